The molecule has 0 aromatic rings. The van der Waals surface area contributed by atoms with Crippen molar-refractivity contribution in [2.45, 2.75) is 40.8 Å². The second kappa shape index (κ2) is 15.7. The Labute approximate surface area is 95.2 Å². The first-order chi connectivity index (χ1) is 6.77. The number of rotatable bonds is 2. The Kier molecular flexibility index (Phi) is 20.7. The van der Waals surface area contributed by atoms with Gasteiger partial charge < -0.3 is 9.20 Å². The predicted octanol–water partition coefficient (Wildman–Crippen LogP) is 3.07. The molecule has 0 aliphatic rings. The third-order valence-electron chi connectivity index (χ3n) is 0.453. The Morgan fingerprint density at radius 1 is 1.40 bits per heavy atom. The first-order valence-electron chi connectivity index (χ1n) is 5.04. The van der Waals surface area contributed by atoms with Crippen LogP contribution in [0.2, 0.25) is 13.1 Å². The van der Waals surface area contributed by atoms with Crippen LogP contribution >= 0.6 is 0 Å². The van der Waals surface area contributed by atoms with Crippen LogP contribution in [-0.4, -0.2) is 21.3 Å². The van der Waals surface area contributed by atoms with Gasteiger partial charge in [-0.05, 0) is 25.9 Å². The number of carbonyl (C=O) groups is 1. The molecule has 0 saturated carbocycles. The molecule has 0 aromatic heterocycles. The quantitative estimate of drug-likeness (QED) is 0.417. The lowest BCUT2D eigenvalue weighted by Crippen LogP contribution is -1.97. The van der Waals surface area contributed by atoms with E-state index < -0.39 is 8.68 Å². The molecule has 0 fully saturated rings. The molecule has 15 heavy (non-hydrogen) atoms. The van der Waals surface area contributed by atoms with E-state index >= 15 is 0 Å². The van der Waals surface area contributed by atoms with Crippen LogP contribution in [0.4, 0.5) is 0 Å². The second-order valence-electron chi connectivity index (χ2n) is 3.60. The number of ether oxygens (including phenoxy) is 1. The highest BCUT2D eigenvalue weighted by Gasteiger charge is 1.86. The Hall–Kier alpha value is -0.773. The molecule has 4 heteroatoms. The normalized spacial score (nSPS) is 7.67. The molecule has 0 rings (SSSR count). The molecule has 0 bridgehead atoms. The monoisotopic (exact) mass is 232 g/mol. The number of carbonyl (C=O) groups excluding carboxylic acids is 1. The van der Waals surface area contributed by atoms with Crippen LogP contribution in [0.1, 0.15) is 27.7 Å². The van der Waals surface area contributed by atoms with Crippen LogP contribution < -0.4 is 0 Å². The largest absolute Gasteiger partial charge is 0.463 e. The van der Waals surface area contributed by atoms with E-state index in [1.54, 1.807) is 20.0 Å². The summed E-state index contributed by atoms with van der Waals surface area (Å²) in [5.41, 5.74) is 0. The topological polar surface area (TPSA) is 43.4 Å². The average molecular weight is 232 g/mol. The predicted molar refractivity (Wildman–Crippen MR) is 65.5 cm³/mol. The second-order valence-corrected chi connectivity index (χ2v) is 5.41. The summed E-state index contributed by atoms with van der Waals surface area (Å²) in [4.78, 5) is 10.1. The van der Waals surface area contributed by atoms with Crippen LogP contribution in [0.25, 0.3) is 0 Å². The van der Waals surface area contributed by atoms with Gasteiger partial charge in [0.15, 0.2) is 0 Å². The number of hydrogen-bond donors (Lipinski definition) is 0. The zero-order valence-corrected chi connectivity index (χ0v) is 11.8. The Balaban J connectivity index is -0.000000155. The van der Waals surface area contributed by atoms with Crippen LogP contribution in [0.15, 0.2) is 12.7 Å². The van der Waals surface area contributed by atoms with Crippen molar-refractivity contribution in [3.63, 3.8) is 0 Å². The molecule has 0 aliphatic carbocycles. The molecule has 0 radical (unpaired) electrons. The third kappa shape index (κ3) is 93.3. The van der Waals surface area contributed by atoms with Crippen molar-refractivity contribution in [3.05, 3.63) is 12.7 Å². The van der Waals surface area contributed by atoms with Gasteiger partial charge in [0.2, 0.25) is 0 Å². The average Bonchev–Trinajstić information content (AvgIpc) is 2.02. The van der Waals surface area contributed by atoms with Crippen molar-refractivity contribution in [1.29, 1.82) is 0 Å². The molecule has 3 nitrogen and oxygen atoms in total. The van der Waals surface area contributed by atoms with Crippen LogP contribution in [-0.2, 0) is 14.0 Å². The van der Waals surface area contributed by atoms with Gasteiger partial charge >= 0.3 is 5.97 Å². The molecule has 0 aliphatic heterocycles. The molecule has 0 amide bonds. The van der Waals surface area contributed by atoms with E-state index in [1.807, 2.05) is 0 Å². The van der Waals surface area contributed by atoms with E-state index in [2.05, 4.69) is 32.1 Å². The summed E-state index contributed by atoms with van der Waals surface area (Å²) in [5.74, 6) is 0.475. The molecule has 0 atom stereocenters. The maximum absolute atomic E-state index is 10.1. The molecular weight excluding hydrogens is 208 g/mol. The van der Waals surface area contributed by atoms with Gasteiger partial charge in [-0.15, -0.1) is 0 Å². The van der Waals surface area contributed by atoms with Crippen molar-refractivity contribution in [1.82, 2.24) is 0 Å². The van der Waals surface area contributed by atoms with Crippen molar-refractivity contribution in [2.24, 2.45) is 5.92 Å². The van der Waals surface area contributed by atoms with Gasteiger partial charge in [-0.25, -0.2) is 4.79 Å². The molecule has 0 spiro atoms. The fourth-order valence-corrected chi connectivity index (χ4v) is 0.201. The fourth-order valence-electron chi connectivity index (χ4n) is 0.201. The number of hydrogen-bond acceptors (Lipinski definition) is 3. The minimum absolute atomic E-state index is 0.359. The highest BCUT2D eigenvalue weighted by atomic mass is 28.2. The fraction of sp³-hybridized carbons (Fsp3) is 0.727. The highest BCUT2D eigenvalue weighted by molar-refractivity contribution is 6.38. The van der Waals surface area contributed by atoms with E-state index in [9.17, 15) is 9.26 Å². The molecule has 0 saturated heterocycles. The first kappa shape index (κ1) is 19.7. The Morgan fingerprint density at radius 2 is 1.67 bits per heavy atom. The minimum atomic E-state index is -1.13. The van der Waals surface area contributed by atoms with Crippen LogP contribution in [0.5, 0.6) is 0 Å². The standard InChI is InChI=1S/C5H8O2.C4H10.C2H6OSi/c1-3-5(6)7-4-2;2*1-4(2)3/h3H,1,4H2,2H3;4H,1-3H3;1-2H3. The summed E-state index contributed by atoms with van der Waals surface area (Å²) < 4.78 is 14.1. The molecule has 0 unspecified atom stereocenters. The molecule has 0 N–H and O–H groups in total. The van der Waals surface area contributed by atoms with Crippen molar-refractivity contribution in [2.75, 3.05) is 6.61 Å². The molecule has 90 valence electrons. The van der Waals surface area contributed by atoms with Gasteiger partial charge in [-0.1, -0.05) is 27.4 Å². The van der Waals surface area contributed by atoms with Crippen LogP contribution in [0, 0.1) is 5.92 Å². The van der Waals surface area contributed by atoms with Crippen molar-refractivity contribution < 1.29 is 14.0 Å². The van der Waals surface area contributed by atoms with Gasteiger partial charge in [-0.2, -0.15) is 0 Å². The third-order valence-corrected chi connectivity index (χ3v) is 0.453. The van der Waals surface area contributed by atoms with E-state index in [0.717, 1.165) is 12.0 Å². The van der Waals surface area contributed by atoms with Gasteiger partial charge in [-0.3, -0.25) is 0 Å². The first-order valence-corrected chi connectivity index (χ1v) is 7.45. The maximum atomic E-state index is 10.1. The number of esters is 1. The van der Waals surface area contributed by atoms with Gasteiger partial charge in [0, 0.05) is 6.08 Å². The molecular formula is C11H24O3Si. The summed E-state index contributed by atoms with van der Waals surface area (Å²) in [5, 5.41) is 0. The van der Waals surface area contributed by atoms with Gasteiger partial charge in [0.25, 0.3) is 8.68 Å². The lowest BCUT2D eigenvalue weighted by Gasteiger charge is -1.90. The Morgan fingerprint density at radius 3 is 1.73 bits per heavy atom. The minimum Gasteiger partial charge on any atom is -0.463 e. The summed E-state index contributed by atoms with van der Waals surface area (Å²) >= 11 is 0. The summed E-state index contributed by atoms with van der Waals surface area (Å²) in [6.07, 6.45) is 1.14. The highest BCUT2D eigenvalue weighted by Crippen LogP contribution is 1.81. The van der Waals surface area contributed by atoms with Gasteiger partial charge in [0.1, 0.15) is 0 Å². The lowest BCUT2D eigenvalue weighted by molar-refractivity contribution is -0.137. The molecule has 0 aromatic carbocycles. The SMILES string of the molecule is C=CC(=O)OCC.CC(C)C.C[Si](C)=O. The summed E-state index contributed by atoms with van der Waals surface area (Å²) in [7, 11) is -1.13. The summed E-state index contributed by atoms with van der Waals surface area (Å²) in [6, 6.07) is 0. The van der Waals surface area contributed by atoms with Crippen molar-refractivity contribution >= 4 is 14.7 Å². The van der Waals surface area contributed by atoms with E-state index in [4.69, 9.17) is 0 Å². The zero-order chi connectivity index (χ0) is 12.9. The summed E-state index contributed by atoms with van der Waals surface area (Å²) in [6.45, 7) is 15.3. The molecule has 0 heterocycles. The maximum Gasteiger partial charge on any atom is 0.330 e. The van der Waals surface area contributed by atoms with E-state index in [1.165, 1.54) is 0 Å². The smallest absolute Gasteiger partial charge is 0.330 e. The van der Waals surface area contributed by atoms with E-state index in [0.29, 0.717) is 6.61 Å². The zero-order valence-electron chi connectivity index (χ0n) is 10.8. The van der Waals surface area contributed by atoms with Crippen molar-refractivity contribution in [3.8, 4) is 0 Å². The Bertz CT molecular complexity index is 170. The van der Waals surface area contributed by atoms with Gasteiger partial charge in [0.05, 0.1) is 6.61 Å². The van der Waals surface area contributed by atoms with E-state index in [-0.39, 0.29) is 5.97 Å². The van der Waals surface area contributed by atoms with Crippen LogP contribution in [0.3, 0.4) is 0 Å². The lowest BCUT2D eigenvalue weighted by atomic mass is 10.3.